The Kier molecular flexibility index (Phi) is 8.45. The number of Topliss-reactive ketones (excluding diaryl/α,β-unsaturated/α-hetero) is 1. The molecule has 0 aliphatic heterocycles. The van der Waals surface area contributed by atoms with Crippen LogP contribution in [0.25, 0.3) is 0 Å². The van der Waals surface area contributed by atoms with E-state index < -0.39 is 80.2 Å². The highest BCUT2D eigenvalue weighted by atomic mass is 32.2. The summed E-state index contributed by atoms with van der Waals surface area (Å²) in [4.78, 5) is 51.4. The predicted molar refractivity (Wildman–Crippen MR) is 148 cm³/mol. The molecule has 12 heteroatoms. The SMILES string of the molecule is CCC(C)(O)CC(=O)O[C@]1(C(=O)COC(=O)CCS(=O)(=O)O)CC[C@H]2[C@@H]3CCC4=CC(=O)C=C[C@]4(C)[C@@]3(F)CC[C@@]21C. The summed E-state index contributed by atoms with van der Waals surface area (Å²) in [5.41, 5.74) is -6.10. The van der Waals surface area contributed by atoms with Gasteiger partial charge in [-0.1, -0.05) is 25.5 Å². The standard InChI is InChI=1S/C30H41FO10S/c1-5-26(2,36)17-25(35)41-30(23(33)18-40-24(34)10-15-42(37,38)39)12-9-21-22-7-6-19-16-20(32)8-11-27(19,3)29(22,31)14-13-28(21,30)4/h8,11,16,21-22,36H,5-7,9-10,12-15,17-18H2,1-4H3,(H,37,38,39)/t21-,22-,26?,27-,28-,29+,30-/m0/s1. The molecule has 4 rings (SSSR count). The van der Waals surface area contributed by atoms with Crippen LogP contribution >= 0.6 is 0 Å². The molecule has 0 aromatic heterocycles. The zero-order valence-corrected chi connectivity index (χ0v) is 25.4. The van der Waals surface area contributed by atoms with Gasteiger partial charge in [0.15, 0.2) is 18.0 Å². The zero-order chi connectivity index (χ0) is 31.4. The third-order valence-corrected chi connectivity index (χ3v) is 11.5. The van der Waals surface area contributed by atoms with E-state index in [1.807, 2.05) is 13.8 Å². The summed E-state index contributed by atoms with van der Waals surface area (Å²) in [6.07, 6.45) is 5.40. The fraction of sp³-hybridized carbons (Fsp3) is 0.733. The zero-order valence-electron chi connectivity index (χ0n) is 24.6. The lowest BCUT2D eigenvalue weighted by molar-refractivity contribution is -0.202. The number of ether oxygens (including phenoxy) is 2. The summed E-state index contributed by atoms with van der Waals surface area (Å²) < 4.78 is 59.3. The van der Waals surface area contributed by atoms with E-state index in [9.17, 15) is 32.7 Å². The molecule has 0 aromatic rings. The molecule has 4 aliphatic carbocycles. The van der Waals surface area contributed by atoms with E-state index in [-0.39, 0.29) is 43.8 Å². The second-order valence-corrected chi connectivity index (χ2v) is 14.7. The number of halogens is 1. The number of fused-ring (bicyclic) bond motifs is 5. The summed E-state index contributed by atoms with van der Waals surface area (Å²) >= 11 is 0. The van der Waals surface area contributed by atoms with Crippen LogP contribution in [0.15, 0.2) is 23.8 Å². The molecule has 7 atom stereocenters. The summed E-state index contributed by atoms with van der Waals surface area (Å²) in [5, 5.41) is 10.5. The first-order valence-electron chi connectivity index (χ1n) is 14.5. The van der Waals surface area contributed by atoms with Crippen molar-refractivity contribution in [2.24, 2.45) is 22.7 Å². The first-order valence-corrected chi connectivity index (χ1v) is 16.1. The largest absolute Gasteiger partial charge is 0.457 e. The van der Waals surface area contributed by atoms with E-state index in [2.05, 4.69) is 0 Å². The smallest absolute Gasteiger partial charge is 0.309 e. The number of allylic oxidation sites excluding steroid dienone is 4. The van der Waals surface area contributed by atoms with Gasteiger partial charge < -0.3 is 14.6 Å². The summed E-state index contributed by atoms with van der Waals surface area (Å²) in [5.74, 6) is -4.45. The minimum absolute atomic E-state index is 0.0461. The van der Waals surface area contributed by atoms with Crippen molar-refractivity contribution in [3.8, 4) is 0 Å². The fourth-order valence-electron chi connectivity index (χ4n) is 7.99. The number of alkyl halides is 1. The van der Waals surface area contributed by atoms with Gasteiger partial charge in [-0.05, 0) is 82.8 Å². The van der Waals surface area contributed by atoms with E-state index in [1.165, 1.54) is 19.1 Å². The molecule has 0 saturated heterocycles. The van der Waals surface area contributed by atoms with Crippen LogP contribution in [0.4, 0.5) is 4.39 Å². The molecule has 0 amide bonds. The van der Waals surface area contributed by atoms with Crippen LogP contribution in [-0.2, 0) is 38.8 Å². The van der Waals surface area contributed by atoms with E-state index >= 15 is 4.39 Å². The molecule has 1 unspecified atom stereocenters. The topological polar surface area (TPSA) is 161 Å². The molecule has 0 aromatic carbocycles. The average molecular weight is 613 g/mol. The molecule has 10 nitrogen and oxygen atoms in total. The van der Waals surface area contributed by atoms with E-state index in [0.29, 0.717) is 19.3 Å². The van der Waals surface area contributed by atoms with Gasteiger partial charge in [-0.2, -0.15) is 8.42 Å². The van der Waals surface area contributed by atoms with Gasteiger partial charge in [-0.15, -0.1) is 0 Å². The van der Waals surface area contributed by atoms with Crippen molar-refractivity contribution in [2.45, 2.75) is 102 Å². The third-order valence-electron chi connectivity index (χ3n) is 10.7. The number of esters is 2. The van der Waals surface area contributed by atoms with Gasteiger partial charge in [-0.25, -0.2) is 4.39 Å². The molecule has 2 N–H and O–H groups in total. The van der Waals surface area contributed by atoms with Crippen LogP contribution < -0.4 is 0 Å². The molecule has 4 aliphatic rings. The maximum absolute atomic E-state index is 17.3. The van der Waals surface area contributed by atoms with Gasteiger partial charge in [0.1, 0.15) is 5.67 Å². The minimum atomic E-state index is -4.42. The second-order valence-electron chi connectivity index (χ2n) is 13.1. The molecular formula is C30H41FO10S. The highest BCUT2D eigenvalue weighted by Crippen LogP contribution is 2.70. The van der Waals surface area contributed by atoms with Crippen LogP contribution in [-0.4, -0.2) is 70.8 Å². The lowest BCUT2D eigenvalue weighted by atomic mass is 9.45. The Labute approximate surface area is 245 Å². The Morgan fingerprint density at radius 3 is 2.45 bits per heavy atom. The van der Waals surface area contributed by atoms with Gasteiger partial charge in [0.2, 0.25) is 5.78 Å². The van der Waals surface area contributed by atoms with Gasteiger partial charge in [-0.3, -0.25) is 23.7 Å². The van der Waals surface area contributed by atoms with Crippen LogP contribution in [0.2, 0.25) is 0 Å². The molecule has 0 spiro atoms. The van der Waals surface area contributed by atoms with E-state index in [1.54, 1.807) is 13.0 Å². The van der Waals surface area contributed by atoms with Gasteiger partial charge in [0.25, 0.3) is 10.1 Å². The number of carbonyl (C=O) groups is 4. The van der Waals surface area contributed by atoms with Crippen molar-refractivity contribution in [3.63, 3.8) is 0 Å². The maximum atomic E-state index is 17.3. The number of carbonyl (C=O) groups excluding carboxylic acids is 4. The number of hydrogen-bond donors (Lipinski definition) is 2. The highest BCUT2D eigenvalue weighted by Gasteiger charge is 2.72. The van der Waals surface area contributed by atoms with Crippen molar-refractivity contribution >= 4 is 33.6 Å². The summed E-state index contributed by atoms with van der Waals surface area (Å²) in [7, 11) is -4.42. The minimum Gasteiger partial charge on any atom is -0.457 e. The molecule has 3 fully saturated rings. The molecule has 42 heavy (non-hydrogen) atoms. The normalized spacial score (nSPS) is 37.0. The van der Waals surface area contributed by atoms with E-state index in [0.717, 1.165) is 5.57 Å². The van der Waals surface area contributed by atoms with Crippen LogP contribution in [0, 0.1) is 22.7 Å². The van der Waals surface area contributed by atoms with Gasteiger partial charge in [0.05, 0.1) is 24.2 Å². The maximum Gasteiger partial charge on any atom is 0.309 e. The first-order chi connectivity index (χ1) is 19.3. The molecule has 3 saturated carbocycles. The third kappa shape index (κ3) is 5.50. The molecular weight excluding hydrogens is 571 g/mol. The fourth-order valence-corrected chi connectivity index (χ4v) is 8.41. The molecule has 0 radical (unpaired) electrons. The second kappa shape index (κ2) is 10.9. The lowest BCUT2D eigenvalue weighted by Gasteiger charge is -2.61. The van der Waals surface area contributed by atoms with Crippen molar-refractivity contribution in [3.05, 3.63) is 23.8 Å². The van der Waals surface area contributed by atoms with Crippen LogP contribution in [0.1, 0.15) is 85.5 Å². The average Bonchev–Trinajstić information content (AvgIpc) is 3.19. The van der Waals surface area contributed by atoms with Gasteiger partial charge >= 0.3 is 11.9 Å². The van der Waals surface area contributed by atoms with Crippen molar-refractivity contribution in [2.75, 3.05) is 12.4 Å². The first kappa shape index (κ1) is 32.5. The van der Waals surface area contributed by atoms with Crippen molar-refractivity contribution in [1.82, 2.24) is 0 Å². The summed E-state index contributed by atoms with van der Waals surface area (Å²) in [6, 6.07) is 0. The van der Waals surface area contributed by atoms with Gasteiger partial charge in [0, 0.05) is 10.8 Å². The van der Waals surface area contributed by atoms with E-state index in [4.69, 9.17) is 14.0 Å². The number of rotatable bonds is 10. The van der Waals surface area contributed by atoms with Crippen LogP contribution in [0.3, 0.4) is 0 Å². The van der Waals surface area contributed by atoms with Crippen molar-refractivity contribution in [1.29, 1.82) is 0 Å². The van der Waals surface area contributed by atoms with Crippen molar-refractivity contribution < 1.29 is 51.1 Å². The highest BCUT2D eigenvalue weighted by molar-refractivity contribution is 7.85. The number of aliphatic hydroxyl groups is 1. The Morgan fingerprint density at radius 2 is 1.81 bits per heavy atom. The summed E-state index contributed by atoms with van der Waals surface area (Å²) in [6.45, 7) is 6.00. The molecule has 0 bridgehead atoms. The van der Waals surface area contributed by atoms with Crippen LogP contribution in [0.5, 0.6) is 0 Å². The quantitative estimate of drug-likeness (QED) is 0.275. The number of hydrogen-bond acceptors (Lipinski definition) is 9. The Hall–Kier alpha value is -2.44. The Bertz CT molecular complexity index is 1340. The predicted octanol–water partition coefficient (Wildman–Crippen LogP) is 3.61. The monoisotopic (exact) mass is 612 g/mol. The molecule has 234 valence electrons. The Balaban J connectivity index is 1.65. The molecule has 0 heterocycles. The Morgan fingerprint density at radius 1 is 1.12 bits per heavy atom. The lowest BCUT2D eigenvalue weighted by Crippen LogP contribution is -2.64. The number of ketones is 2.